The molecule has 1 saturated heterocycles. The van der Waals surface area contributed by atoms with Crippen molar-refractivity contribution in [3.05, 3.63) is 23.9 Å². The van der Waals surface area contributed by atoms with Crippen LogP contribution in [-0.4, -0.2) is 53.6 Å². The summed E-state index contributed by atoms with van der Waals surface area (Å²) in [6.45, 7) is 8.66. The molecular weight excluding hydrogens is 280 g/mol. The molecule has 1 aliphatic rings. The number of nitrogens with zero attached hydrogens (tertiary/aromatic N) is 4. The number of rotatable bonds is 6. The van der Waals surface area contributed by atoms with Gasteiger partial charge < -0.3 is 4.90 Å². The van der Waals surface area contributed by atoms with Gasteiger partial charge in [-0.25, -0.2) is 4.98 Å². The van der Waals surface area contributed by atoms with Gasteiger partial charge in [0.1, 0.15) is 5.82 Å². The maximum Gasteiger partial charge on any atom is 0.128 e. The van der Waals surface area contributed by atoms with Gasteiger partial charge in [-0.05, 0) is 44.7 Å². The molecule has 1 unspecified atom stereocenters. The molecule has 0 aromatic carbocycles. The third-order valence-electron chi connectivity index (χ3n) is 3.86. The molecule has 2 heterocycles. The van der Waals surface area contributed by atoms with Gasteiger partial charge in [-0.15, -0.1) is 11.8 Å². The molecule has 1 aliphatic heterocycles. The Labute approximate surface area is 132 Å². The van der Waals surface area contributed by atoms with Gasteiger partial charge in [0.15, 0.2) is 0 Å². The molecule has 0 saturated carbocycles. The number of hydrogen-bond acceptors (Lipinski definition) is 5. The number of thioether (sulfide) groups is 1. The van der Waals surface area contributed by atoms with E-state index in [1.165, 1.54) is 6.42 Å². The van der Waals surface area contributed by atoms with Crippen molar-refractivity contribution in [1.29, 1.82) is 5.26 Å². The minimum Gasteiger partial charge on any atom is -0.354 e. The number of piperazine rings is 1. The maximum atomic E-state index is 8.52. The van der Waals surface area contributed by atoms with Crippen molar-refractivity contribution in [3.8, 4) is 6.07 Å². The summed E-state index contributed by atoms with van der Waals surface area (Å²) in [6.07, 6.45) is 1.17. The van der Waals surface area contributed by atoms with E-state index >= 15 is 0 Å². The lowest BCUT2D eigenvalue weighted by Crippen LogP contribution is -2.52. The average Bonchev–Trinajstić information content (AvgIpc) is 2.48. The molecule has 5 heteroatoms. The van der Waals surface area contributed by atoms with Crippen LogP contribution in [0, 0.1) is 18.3 Å². The van der Waals surface area contributed by atoms with Crippen molar-refractivity contribution in [2.24, 2.45) is 0 Å². The van der Waals surface area contributed by atoms with E-state index in [1.54, 1.807) is 11.8 Å². The van der Waals surface area contributed by atoms with Gasteiger partial charge in [-0.1, -0.05) is 6.07 Å². The van der Waals surface area contributed by atoms with E-state index in [0.29, 0.717) is 11.8 Å². The van der Waals surface area contributed by atoms with Gasteiger partial charge in [0, 0.05) is 31.4 Å². The Morgan fingerprint density at radius 3 is 3.00 bits per heavy atom. The van der Waals surface area contributed by atoms with Crippen LogP contribution >= 0.6 is 11.8 Å². The highest BCUT2D eigenvalue weighted by molar-refractivity contribution is 7.99. The van der Waals surface area contributed by atoms with Crippen LogP contribution < -0.4 is 4.90 Å². The molecule has 1 aromatic rings. The molecule has 0 radical (unpaired) electrons. The summed E-state index contributed by atoms with van der Waals surface area (Å²) in [6, 6.07) is 8.97. The Balaban J connectivity index is 1.78. The lowest BCUT2D eigenvalue weighted by atomic mass is 10.2. The van der Waals surface area contributed by atoms with Crippen LogP contribution in [0.5, 0.6) is 0 Å². The first-order valence-corrected chi connectivity index (χ1v) is 8.73. The van der Waals surface area contributed by atoms with E-state index in [1.807, 2.05) is 13.0 Å². The third-order valence-corrected chi connectivity index (χ3v) is 4.77. The topological polar surface area (TPSA) is 43.2 Å². The molecule has 0 aliphatic carbocycles. The maximum absolute atomic E-state index is 8.52. The number of hydrogen-bond donors (Lipinski definition) is 0. The summed E-state index contributed by atoms with van der Waals surface area (Å²) in [7, 11) is 0. The number of pyridine rings is 1. The van der Waals surface area contributed by atoms with E-state index in [0.717, 1.165) is 43.4 Å². The molecule has 114 valence electrons. The van der Waals surface area contributed by atoms with Crippen LogP contribution in [0.25, 0.3) is 0 Å². The van der Waals surface area contributed by atoms with E-state index in [-0.39, 0.29) is 0 Å². The number of aromatic nitrogens is 1. The predicted molar refractivity (Wildman–Crippen MR) is 89.8 cm³/mol. The highest BCUT2D eigenvalue weighted by Crippen LogP contribution is 2.17. The van der Waals surface area contributed by atoms with Gasteiger partial charge in [-0.2, -0.15) is 5.26 Å². The van der Waals surface area contributed by atoms with Crippen LogP contribution in [0.4, 0.5) is 5.82 Å². The molecule has 21 heavy (non-hydrogen) atoms. The van der Waals surface area contributed by atoms with Crippen molar-refractivity contribution >= 4 is 17.6 Å². The number of nitriles is 1. The summed E-state index contributed by atoms with van der Waals surface area (Å²) < 4.78 is 0. The zero-order valence-electron chi connectivity index (χ0n) is 13.0. The number of anilines is 1. The van der Waals surface area contributed by atoms with Crippen LogP contribution in [0.3, 0.4) is 0 Å². The Morgan fingerprint density at radius 1 is 1.43 bits per heavy atom. The van der Waals surface area contributed by atoms with E-state index < -0.39 is 0 Å². The van der Waals surface area contributed by atoms with Crippen LogP contribution in [0.15, 0.2) is 18.2 Å². The van der Waals surface area contributed by atoms with Crippen LogP contribution in [0.2, 0.25) is 0 Å². The standard InChI is InChI=1S/C16H24N4S/c1-14-5-3-6-16(18-14)20-10-9-19(15(2)13-20)8-4-11-21-12-7-17/h3,5-6,15H,4,8-13H2,1-2H3. The molecule has 0 amide bonds. The Morgan fingerprint density at radius 2 is 2.29 bits per heavy atom. The van der Waals surface area contributed by atoms with Crippen molar-refractivity contribution in [3.63, 3.8) is 0 Å². The SMILES string of the molecule is Cc1cccc(N2CCN(CCCSCC#N)C(C)C2)n1. The molecule has 1 fully saturated rings. The summed E-state index contributed by atoms with van der Waals surface area (Å²) in [5.74, 6) is 2.80. The zero-order chi connectivity index (χ0) is 15.1. The van der Waals surface area contributed by atoms with E-state index in [9.17, 15) is 0 Å². The molecule has 4 nitrogen and oxygen atoms in total. The molecule has 2 rings (SSSR count). The second-order valence-corrected chi connectivity index (χ2v) is 6.64. The quantitative estimate of drug-likeness (QED) is 0.756. The van der Waals surface area contributed by atoms with E-state index in [4.69, 9.17) is 5.26 Å². The third kappa shape index (κ3) is 4.90. The van der Waals surface area contributed by atoms with Crippen molar-refractivity contribution in [2.45, 2.75) is 26.3 Å². The van der Waals surface area contributed by atoms with Crippen molar-refractivity contribution in [1.82, 2.24) is 9.88 Å². The smallest absolute Gasteiger partial charge is 0.128 e. The Kier molecular flexibility index (Phi) is 6.34. The molecular formula is C16H24N4S. The van der Waals surface area contributed by atoms with Crippen molar-refractivity contribution < 1.29 is 0 Å². The fraction of sp³-hybridized carbons (Fsp3) is 0.625. The summed E-state index contributed by atoms with van der Waals surface area (Å²) in [4.78, 5) is 9.57. The Bertz CT molecular complexity index is 485. The minimum absolute atomic E-state index is 0.557. The van der Waals surface area contributed by atoms with Crippen molar-refractivity contribution in [2.75, 3.05) is 42.6 Å². The first-order chi connectivity index (χ1) is 10.2. The van der Waals surface area contributed by atoms with Gasteiger partial charge >= 0.3 is 0 Å². The van der Waals surface area contributed by atoms with Gasteiger partial charge in [-0.3, -0.25) is 4.90 Å². The summed E-state index contributed by atoms with van der Waals surface area (Å²) >= 11 is 1.73. The molecule has 0 spiro atoms. The lowest BCUT2D eigenvalue weighted by molar-refractivity contribution is 0.190. The fourth-order valence-electron chi connectivity index (χ4n) is 2.73. The minimum atomic E-state index is 0.557. The van der Waals surface area contributed by atoms with Crippen LogP contribution in [-0.2, 0) is 0 Å². The monoisotopic (exact) mass is 304 g/mol. The second-order valence-electron chi connectivity index (χ2n) is 5.53. The average molecular weight is 304 g/mol. The van der Waals surface area contributed by atoms with Gasteiger partial charge in [0.2, 0.25) is 0 Å². The second kappa shape index (κ2) is 8.26. The summed E-state index contributed by atoms with van der Waals surface area (Å²) in [5, 5.41) is 8.52. The fourth-order valence-corrected chi connectivity index (χ4v) is 3.30. The Hall–Kier alpha value is -1.25. The predicted octanol–water partition coefficient (Wildman–Crippen LogP) is 2.55. The molecule has 1 aromatic heterocycles. The molecule has 1 atom stereocenters. The van der Waals surface area contributed by atoms with Gasteiger partial charge in [0.25, 0.3) is 0 Å². The van der Waals surface area contributed by atoms with E-state index in [2.05, 4.69) is 39.9 Å². The largest absolute Gasteiger partial charge is 0.354 e. The first kappa shape index (κ1) is 16.1. The first-order valence-electron chi connectivity index (χ1n) is 7.58. The summed E-state index contributed by atoms with van der Waals surface area (Å²) in [5.41, 5.74) is 1.08. The van der Waals surface area contributed by atoms with Crippen LogP contribution in [0.1, 0.15) is 19.0 Å². The van der Waals surface area contributed by atoms with Gasteiger partial charge in [0.05, 0.1) is 11.8 Å². The molecule has 0 bridgehead atoms. The number of aryl methyl sites for hydroxylation is 1. The molecule has 0 N–H and O–H groups in total. The zero-order valence-corrected chi connectivity index (χ0v) is 13.8. The lowest BCUT2D eigenvalue weighted by Gasteiger charge is -2.40. The highest BCUT2D eigenvalue weighted by atomic mass is 32.2. The highest BCUT2D eigenvalue weighted by Gasteiger charge is 2.23. The normalized spacial score (nSPS) is 19.5.